The van der Waals surface area contributed by atoms with E-state index in [4.69, 9.17) is 0 Å². The predicted molar refractivity (Wildman–Crippen MR) is 82.4 cm³/mol. The summed E-state index contributed by atoms with van der Waals surface area (Å²) in [5, 5.41) is 16.2. The molecule has 0 unspecified atom stereocenters. The third-order valence-corrected chi connectivity index (χ3v) is 3.31. The Labute approximate surface area is 124 Å². The highest BCUT2D eigenvalue weighted by Gasteiger charge is 2.04. The molecule has 1 heterocycles. The summed E-state index contributed by atoms with van der Waals surface area (Å²) >= 11 is 1.33. The minimum Gasteiger partial charge on any atom is -0.266 e. The number of rotatable bonds is 5. The van der Waals surface area contributed by atoms with E-state index in [1.807, 2.05) is 0 Å². The van der Waals surface area contributed by atoms with E-state index in [1.54, 1.807) is 41.8 Å². The summed E-state index contributed by atoms with van der Waals surface area (Å²) in [6, 6.07) is 9.70. The maximum atomic E-state index is 11.5. The Morgan fingerprint density at radius 3 is 2.90 bits per heavy atom. The van der Waals surface area contributed by atoms with Crippen LogP contribution in [0.5, 0.6) is 0 Å². The first-order valence-corrected chi connectivity index (χ1v) is 6.83. The fraction of sp³-hybridized carbons (Fsp3) is 0. The molecule has 7 heteroatoms. The lowest BCUT2D eigenvalue weighted by Crippen LogP contribution is -2.15. The zero-order chi connectivity index (χ0) is 15.1. The average molecular weight is 301 g/mol. The van der Waals surface area contributed by atoms with Crippen molar-refractivity contribution < 1.29 is 9.72 Å². The predicted octanol–water partition coefficient (Wildman–Crippen LogP) is 3.09. The minimum atomic E-state index is -0.452. The number of allylic oxidation sites excluding steroid dienone is 1. The molecule has 0 saturated heterocycles. The van der Waals surface area contributed by atoms with Crippen LogP contribution in [0.3, 0.4) is 0 Å². The Hall–Kier alpha value is -2.80. The fourth-order valence-corrected chi connectivity index (χ4v) is 2.11. The molecule has 0 bridgehead atoms. The van der Waals surface area contributed by atoms with Crippen molar-refractivity contribution in [3.63, 3.8) is 0 Å². The van der Waals surface area contributed by atoms with Crippen LogP contribution in [0, 0.1) is 10.1 Å². The molecule has 2 rings (SSSR count). The third kappa shape index (κ3) is 4.36. The van der Waals surface area contributed by atoms with Crippen molar-refractivity contribution in [1.29, 1.82) is 0 Å². The Morgan fingerprint density at radius 2 is 2.19 bits per heavy atom. The molecule has 0 atom stereocenters. The zero-order valence-electron chi connectivity index (χ0n) is 10.8. The first-order valence-electron chi connectivity index (χ1n) is 5.95. The van der Waals surface area contributed by atoms with Crippen molar-refractivity contribution in [2.75, 3.05) is 0 Å². The molecule has 106 valence electrons. The fourth-order valence-electron chi connectivity index (χ4n) is 1.50. The van der Waals surface area contributed by atoms with Gasteiger partial charge in [0.15, 0.2) is 0 Å². The number of nitrogens with zero attached hydrogens (tertiary/aromatic N) is 2. The van der Waals surface area contributed by atoms with E-state index >= 15 is 0 Å². The van der Waals surface area contributed by atoms with Crippen LogP contribution in [0.1, 0.15) is 15.2 Å². The van der Waals surface area contributed by atoms with Crippen molar-refractivity contribution in [2.24, 2.45) is 5.10 Å². The van der Waals surface area contributed by atoms with E-state index in [1.165, 1.54) is 29.7 Å². The van der Waals surface area contributed by atoms with E-state index < -0.39 is 4.92 Å². The number of non-ortho nitro benzene ring substituents is 1. The van der Waals surface area contributed by atoms with Crippen LogP contribution in [0.4, 0.5) is 5.69 Å². The Kier molecular flexibility index (Phi) is 4.94. The first kappa shape index (κ1) is 14.6. The van der Waals surface area contributed by atoms with E-state index in [0.29, 0.717) is 10.4 Å². The number of nitrogens with one attached hydrogen (secondary N) is 1. The van der Waals surface area contributed by atoms with Crippen LogP contribution < -0.4 is 5.43 Å². The molecule has 6 nitrogen and oxygen atoms in total. The second-order valence-corrected chi connectivity index (χ2v) is 4.86. The van der Waals surface area contributed by atoms with Gasteiger partial charge in [0.25, 0.3) is 11.6 Å². The monoisotopic (exact) mass is 301 g/mol. The number of nitro groups is 1. The SMILES string of the molecule is O=C(NN=CC=Cc1cccc([N+](=O)[O-])c1)c1cccs1. The Bertz CT molecular complexity index is 693. The Morgan fingerprint density at radius 1 is 1.33 bits per heavy atom. The summed E-state index contributed by atoms with van der Waals surface area (Å²) in [6.07, 6.45) is 4.66. The summed E-state index contributed by atoms with van der Waals surface area (Å²) in [5.74, 6) is -0.273. The molecule has 0 saturated carbocycles. The van der Waals surface area contributed by atoms with Gasteiger partial charge in [-0.25, -0.2) is 5.43 Å². The minimum absolute atomic E-state index is 0.0279. The molecule has 2 aromatic rings. The van der Waals surface area contributed by atoms with E-state index in [9.17, 15) is 14.9 Å². The number of hydrogen-bond donors (Lipinski definition) is 1. The zero-order valence-corrected chi connectivity index (χ0v) is 11.6. The molecular formula is C14H11N3O3S. The lowest BCUT2D eigenvalue weighted by Gasteiger charge is -1.94. The summed E-state index contributed by atoms with van der Waals surface area (Å²) in [4.78, 5) is 22.3. The van der Waals surface area contributed by atoms with Crippen molar-refractivity contribution in [2.45, 2.75) is 0 Å². The second kappa shape index (κ2) is 7.11. The van der Waals surface area contributed by atoms with E-state index in [0.717, 1.165) is 0 Å². The Balaban J connectivity index is 1.90. The van der Waals surface area contributed by atoms with Gasteiger partial charge >= 0.3 is 0 Å². The lowest BCUT2D eigenvalue weighted by molar-refractivity contribution is -0.384. The van der Waals surface area contributed by atoms with Crippen LogP contribution in [0.15, 0.2) is 53.0 Å². The van der Waals surface area contributed by atoms with Gasteiger partial charge < -0.3 is 0 Å². The van der Waals surface area contributed by atoms with E-state index in [2.05, 4.69) is 10.5 Å². The van der Waals surface area contributed by atoms with Gasteiger partial charge in [-0.1, -0.05) is 24.3 Å². The van der Waals surface area contributed by atoms with Gasteiger partial charge in [0, 0.05) is 18.3 Å². The topological polar surface area (TPSA) is 84.6 Å². The number of hydrogen-bond acceptors (Lipinski definition) is 5. The summed E-state index contributed by atoms with van der Waals surface area (Å²) < 4.78 is 0. The van der Waals surface area contributed by atoms with Gasteiger partial charge in [-0.15, -0.1) is 11.3 Å². The van der Waals surface area contributed by atoms with Crippen LogP contribution in [-0.4, -0.2) is 17.0 Å². The molecule has 0 aliphatic carbocycles. The summed E-state index contributed by atoms with van der Waals surface area (Å²) in [6.45, 7) is 0. The first-order chi connectivity index (χ1) is 10.2. The van der Waals surface area contributed by atoms with Crippen LogP contribution in [0.2, 0.25) is 0 Å². The number of benzene rings is 1. The molecular weight excluding hydrogens is 290 g/mol. The van der Waals surface area contributed by atoms with Gasteiger partial charge in [-0.3, -0.25) is 14.9 Å². The number of nitro benzene ring substituents is 1. The molecule has 1 N–H and O–H groups in total. The molecule has 21 heavy (non-hydrogen) atoms. The number of carbonyl (C=O) groups excluding carboxylic acids is 1. The molecule has 1 amide bonds. The smallest absolute Gasteiger partial charge is 0.266 e. The highest BCUT2D eigenvalue weighted by molar-refractivity contribution is 7.12. The second-order valence-electron chi connectivity index (χ2n) is 3.91. The molecule has 0 aliphatic heterocycles. The molecule has 1 aromatic carbocycles. The highest BCUT2D eigenvalue weighted by atomic mass is 32.1. The van der Waals surface area contributed by atoms with Gasteiger partial charge in [-0.05, 0) is 23.1 Å². The highest BCUT2D eigenvalue weighted by Crippen LogP contribution is 2.13. The molecule has 0 spiro atoms. The normalized spacial score (nSPS) is 11.0. The summed E-state index contributed by atoms with van der Waals surface area (Å²) in [7, 11) is 0. The largest absolute Gasteiger partial charge is 0.281 e. The third-order valence-electron chi connectivity index (χ3n) is 2.44. The van der Waals surface area contributed by atoms with E-state index in [-0.39, 0.29) is 11.6 Å². The quantitative estimate of drug-likeness (QED) is 0.523. The maximum Gasteiger partial charge on any atom is 0.281 e. The lowest BCUT2D eigenvalue weighted by atomic mass is 10.2. The van der Waals surface area contributed by atoms with Gasteiger partial charge in [0.2, 0.25) is 0 Å². The number of carbonyl (C=O) groups is 1. The molecule has 0 fully saturated rings. The van der Waals surface area contributed by atoms with Crippen LogP contribution in [-0.2, 0) is 0 Å². The maximum absolute atomic E-state index is 11.5. The standard InChI is InChI=1S/C14H11N3O3S/c18-14(13-7-3-9-21-13)16-15-8-2-5-11-4-1-6-12(10-11)17(19)20/h1-10H,(H,16,18). The van der Waals surface area contributed by atoms with Crippen LogP contribution >= 0.6 is 11.3 Å². The van der Waals surface area contributed by atoms with Gasteiger partial charge in [0.1, 0.15) is 0 Å². The van der Waals surface area contributed by atoms with Gasteiger partial charge in [0.05, 0.1) is 9.80 Å². The van der Waals surface area contributed by atoms with Crippen molar-refractivity contribution >= 4 is 35.2 Å². The number of amides is 1. The van der Waals surface area contributed by atoms with Gasteiger partial charge in [-0.2, -0.15) is 5.10 Å². The van der Waals surface area contributed by atoms with Crippen LogP contribution in [0.25, 0.3) is 6.08 Å². The molecule has 1 aromatic heterocycles. The number of thiophene rings is 1. The van der Waals surface area contributed by atoms with Crippen molar-refractivity contribution in [1.82, 2.24) is 5.43 Å². The average Bonchev–Trinajstić information content (AvgIpc) is 3.01. The molecule has 0 radical (unpaired) electrons. The number of hydrazone groups is 1. The van der Waals surface area contributed by atoms with Crippen molar-refractivity contribution in [3.05, 3.63) is 68.4 Å². The summed E-state index contributed by atoms with van der Waals surface area (Å²) in [5.41, 5.74) is 3.09. The molecule has 0 aliphatic rings. The van der Waals surface area contributed by atoms with Crippen molar-refractivity contribution in [3.8, 4) is 0 Å².